The summed E-state index contributed by atoms with van der Waals surface area (Å²) in [5.74, 6) is -0.870. The average molecular weight is 597 g/mol. The zero-order chi connectivity index (χ0) is 30.0. The molecule has 3 aromatic carbocycles. The van der Waals surface area contributed by atoms with E-state index in [4.69, 9.17) is 0 Å². The Hall–Kier alpha value is -4.41. The Morgan fingerprint density at radius 1 is 0.953 bits per heavy atom. The van der Waals surface area contributed by atoms with E-state index in [1.54, 1.807) is 11.8 Å². The van der Waals surface area contributed by atoms with Gasteiger partial charge in [-0.2, -0.15) is 0 Å². The van der Waals surface area contributed by atoms with Crippen molar-refractivity contribution in [2.24, 2.45) is 0 Å². The van der Waals surface area contributed by atoms with E-state index in [1.807, 2.05) is 78.9 Å². The van der Waals surface area contributed by atoms with E-state index in [-0.39, 0.29) is 17.7 Å². The lowest BCUT2D eigenvalue weighted by Gasteiger charge is -2.29. The van der Waals surface area contributed by atoms with Crippen LogP contribution in [0.4, 0.5) is 5.00 Å². The van der Waals surface area contributed by atoms with E-state index in [1.165, 1.54) is 5.56 Å². The quantitative estimate of drug-likeness (QED) is 0.206. The second-order valence-corrected chi connectivity index (χ2v) is 11.4. The van der Waals surface area contributed by atoms with Gasteiger partial charge in [0.15, 0.2) is 0 Å². The van der Waals surface area contributed by atoms with Crippen LogP contribution in [-0.4, -0.2) is 57.4 Å². The second-order valence-electron chi connectivity index (χ2n) is 10.6. The third kappa shape index (κ3) is 7.71. The van der Waals surface area contributed by atoms with Crippen LogP contribution in [0.5, 0.6) is 0 Å². The van der Waals surface area contributed by atoms with Crippen molar-refractivity contribution in [1.82, 2.24) is 25.1 Å². The molecule has 0 aliphatic carbocycles. The third-order valence-corrected chi connectivity index (χ3v) is 8.25. The molecular formula is C33H36N6O3S. The minimum atomic E-state index is -0.916. The highest BCUT2D eigenvalue weighted by molar-refractivity contribution is 7.10. The molecule has 0 bridgehead atoms. The minimum absolute atomic E-state index is 0.273. The number of carbonyl (C=O) groups excluding carboxylic acids is 3. The van der Waals surface area contributed by atoms with Gasteiger partial charge in [0.2, 0.25) is 17.7 Å². The van der Waals surface area contributed by atoms with Crippen molar-refractivity contribution < 1.29 is 14.4 Å². The Balaban J connectivity index is 1.24. The number of carbonyl (C=O) groups is 3. The maximum absolute atomic E-state index is 14.0. The summed E-state index contributed by atoms with van der Waals surface area (Å²) in [5, 5.41) is 13.9. The van der Waals surface area contributed by atoms with Crippen molar-refractivity contribution in [1.29, 1.82) is 0 Å². The van der Waals surface area contributed by atoms with E-state index >= 15 is 0 Å². The molecule has 4 aromatic rings. The highest BCUT2D eigenvalue weighted by atomic mass is 32.1. The van der Waals surface area contributed by atoms with Crippen LogP contribution in [0.15, 0.2) is 91.0 Å². The molecule has 9 nitrogen and oxygen atoms in total. The van der Waals surface area contributed by atoms with Crippen molar-refractivity contribution in [3.8, 4) is 11.3 Å². The zero-order valence-electron chi connectivity index (χ0n) is 24.1. The molecule has 1 fully saturated rings. The van der Waals surface area contributed by atoms with Gasteiger partial charge in [-0.3, -0.25) is 14.4 Å². The molecule has 1 aliphatic rings. The lowest BCUT2D eigenvalue weighted by molar-refractivity contribution is -0.140. The van der Waals surface area contributed by atoms with Gasteiger partial charge < -0.3 is 20.9 Å². The molecule has 3 atom stereocenters. The molecule has 10 heteroatoms. The number of amides is 3. The Morgan fingerprint density at radius 2 is 1.63 bits per heavy atom. The molecule has 0 spiro atoms. The first-order chi connectivity index (χ1) is 21.0. The van der Waals surface area contributed by atoms with Crippen molar-refractivity contribution in [2.45, 2.75) is 50.7 Å². The summed E-state index contributed by atoms with van der Waals surface area (Å²) in [7, 11) is 0. The summed E-state index contributed by atoms with van der Waals surface area (Å²) in [6, 6.07) is 26.8. The van der Waals surface area contributed by atoms with Gasteiger partial charge in [0.25, 0.3) is 0 Å². The SMILES string of the molecule is CC(NCCCc1ccccc1)C(=O)N[C@H](C(=O)N1CCC[C@H]1C(=O)Nc1snnc1-c1ccccc1)c1ccccc1. The molecule has 2 heterocycles. The Morgan fingerprint density at radius 3 is 2.35 bits per heavy atom. The Kier molecular flexibility index (Phi) is 10.2. The van der Waals surface area contributed by atoms with E-state index in [2.05, 4.69) is 37.7 Å². The van der Waals surface area contributed by atoms with E-state index in [9.17, 15) is 14.4 Å². The summed E-state index contributed by atoms with van der Waals surface area (Å²) in [6.45, 7) is 2.89. The normalized spacial score (nSPS) is 15.9. The van der Waals surface area contributed by atoms with Crippen molar-refractivity contribution in [2.75, 3.05) is 18.4 Å². The summed E-state index contributed by atoms with van der Waals surface area (Å²) < 4.78 is 4.03. The number of nitrogens with one attached hydrogen (secondary N) is 3. The first-order valence-electron chi connectivity index (χ1n) is 14.6. The second kappa shape index (κ2) is 14.7. The summed E-state index contributed by atoms with van der Waals surface area (Å²) >= 11 is 1.10. The zero-order valence-corrected chi connectivity index (χ0v) is 24.9. The molecule has 1 unspecified atom stereocenters. The van der Waals surface area contributed by atoms with Gasteiger partial charge in [-0.1, -0.05) is 95.5 Å². The molecule has 1 saturated heterocycles. The van der Waals surface area contributed by atoms with Gasteiger partial charge in [0.05, 0.1) is 6.04 Å². The lowest BCUT2D eigenvalue weighted by atomic mass is 10.0. The van der Waals surface area contributed by atoms with E-state index in [0.29, 0.717) is 42.2 Å². The number of aryl methyl sites for hydroxylation is 1. The summed E-state index contributed by atoms with van der Waals surface area (Å²) in [4.78, 5) is 42.4. The number of nitrogens with zero attached hydrogens (tertiary/aromatic N) is 3. The minimum Gasteiger partial charge on any atom is -0.339 e. The van der Waals surface area contributed by atoms with Gasteiger partial charge in [-0.25, -0.2) is 0 Å². The first kappa shape index (κ1) is 30.1. The maximum Gasteiger partial charge on any atom is 0.250 e. The van der Waals surface area contributed by atoms with Gasteiger partial charge in [0, 0.05) is 23.6 Å². The topological polar surface area (TPSA) is 116 Å². The van der Waals surface area contributed by atoms with Crippen molar-refractivity contribution >= 4 is 34.3 Å². The summed E-state index contributed by atoms with van der Waals surface area (Å²) in [5.41, 5.74) is 3.36. The van der Waals surface area contributed by atoms with Gasteiger partial charge in [0.1, 0.15) is 22.8 Å². The standard InChI is InChI=1S/C33H36N6O3S/c1-23(34-21-11-15-24-13-5-2-6-14-24)30(40)35-29(26-18-9-4-10-19-26)33(42)39-22-12-20-27(39)31(41)36-32-28(37-38-43-32)25-16-7-3-8-17-25/h2-10,13-14,16-19,23,27,29,34H,11-12,15,20-22H2,1H3,(H,35,40)(H,36,41)/t23?,27-,29-/m0/s1. The fourth-order valence-electron chi connectivity index (χ4n) is 5.27. The predicted molar refractivity (Wildman–Crippen MR) is 168 cm³/mol. The molecule has 43 heavy (non-hydrogen) atoms. The number of hydrogen-bond acceptors (Lipinski definition) is 7. The molecule has 3 N–H and O–H groups in total. The third-order valence-electron chi connectivity index (χ3n) is 7.61. The van der Waals surface area contributed by atoms with E-state index < -0.39 is 18.1 Å². The summed E-state index contributed by atoms with van der Waals surface area (Å²) in [6.07, 6.45) is 3.01. The largest absolute Gasteiger partial charge is 0.339 e. The van der Waals surface area contributed by atoms with Crippen LogP contribution in [0.25, 0.3) is 11.3 Å². The smallest absolute Gasteiger partial charge is 0.250 e. The lowest BCUT2D eigenvalue weighted by Crippen LogP contribution is -2.51. The fraction of sp³-hybridized carbons (Fsp3) is 0.303. The van der Waals surface area contributed by atoms with Crippen molar-refractivity contribution in [3.63, 3.8) is 0 Å². The molecule has 1 aromatic heterocycles. The maximum atomic E-state index is 14.0. The van der Waals surface area contributed by atoms with Gasteiger partial charge >= 0.3 is 0 Å². The van der Waals surface area contributed by atoms with Crippen LogP contribution in [0.3, 0.4) is 0 Å². The first-order valence-corrected chi connectivity index (χ1v) is 15.4. The highest BCUT2D eigenvalue weighted by Gasteiger charge is 2.39. The highest BCUT2D eigenvalue weighted by Crippen LogP contribution is 2.30. The molecule has 3 amide bonds. The predicted octanol–water partition coefficient (Wildman–Crippen LogP) is 4.60. The molecule has 5 rings (SSSR count). The van der Waals surface area contributed by atoms with Crippen LogP contribution in [0.2, 0.25) is 0 Å². The number of likely N-dealkylation sites (tertiary alicyclic amines) is 1. The Bertz CT molecular complexity index is 1500. The van der Waals surface area contributed by atoms with Crippen LogP contribution in [0.1, 0.15) is 43.4 Å². The van der Waals surface area contributed by atoms with Crippen LogP contribution in [-0.2, 0) is 20.8 Å². The van der Waals surface area contributed by atoms with E-state index in [0.717, 1.165) is 29.9 Å². The molecule has 222 valence electrons. The van der Waals surface area contributed by atoms with Crippen LogP contribution >= 0.6 is 11.5 Å². The molecular weight excluding hydrogens is 560 g/mol. The van der Waals surface area contributed by atoms with Crippen LogP contribution < -0.4 is 16.0 Å². The molecule has 1 aliphatic heterocycles. The number of rotatable bonds is 12. The van der Waals surface area contributed by atoms with Gasteiger partial charge in [-0.15, -0.1) is 5.10 Å². The fourth-order valence-corrected chi connectivity index (χ4v) is 5.87. The van der Waals surface area contributed by atoms with Crippen molar-refractivity contribution in [3.05, 3.63) is 102 Å². The number of anilines is 1. The average Bonchev–Trinajstić information content (AvgIpc) is 3.73. The van der Waals surface area contributed by atoms with Gasteiger partial charge in [-0.05, 0) is 50.3 Å². The number of hydrogen-bond donors (Lipinski definition) is 3. The Labute approximate surface area is 255 Å². The van der Waals surface area contributed by atoms with Crippen LogP contribution in [0, 0.1) is 0 Å². The monoisotopic (exact) mass is 596 g/mol. The molecule has 0 radical (unpaired) electrons. The number of aromatic nitrogens is 2. The number of benzene rings is 3. The molecule has 0 saturated carbocycles.